The highest BCUT2D eigenvalue weighted by atomic mass is 35.5. The molecule has 0 saturated carbocycles. The molecule has 0 aromatic heterocycles. The standard InChI is InChI=1S/C22H25Cl2FN2O2S/c1-3-20(22(29)26-4-2)27(12-15-8-5-6-9-17(15)23)21(28)14-30-13-16-18(24)10-7-11-19(16)25/h5-11,20H,3-4,12-14H2,1-2H3,(H,26,29)/t20-/m1/s1. The van der Waals surface area contributed by atoms with E-state index in [0.717, 1.165) is 5.56 Å². The highest BCUT2D eigenvalue weighted by Gasteiger charge is 2.28. The van der Waals surface area contributed by atoms with Crippen LogP contribution < -0.4 is 5.32 Å². The number of carbonyl (C=O) groups excluding carboxylic acids is 2. The zero-order valence-electron chi connectivity index (χ0n) is 17.0. The number of amides is 2. The normalized spacial score (nSPS) is 11.8. The van der Waals surface area contributed by atoms with Crippen molar-refractivity contribution in [2.75, 3.05) is 12.3 Å². The second kappa shape index (κ2) is 12.2. The molecule has 2 amide bonds. The predicted molar refractivity (Wildman–Crippen MR) is 122 cm³/mol. The van der Waals surface area contributed by atoms with Crippen LogP contribution >= 0.6 is 35.0 Å². The molecule has 2 rings (SSSR count). The summed E-state index contributed by atoms with van der Waals surface area (Å²) in [5.74, 6) is -0.475. The van der Waals surface area contributed by atoms with Gasteiger partial charge in [0.2, 0.25) is 11.8 Å². The van der Waals surface area contributed by atoms with Crippen molar-refractivity contribution in [3.63, 3.8) is 0 Å². The van der Waals surface area contributed by atoms with Gasteiger partial charge in [-0.1, -0.05) is 54.4 Å². The Morgan fingerprint density at radius 3 is 2.43 bits per heavy atom. The molecule has 0 saturated heterocycles. The van der Waals surface area contributed by atoms with Crippen molar-refractivity contribution in [2.24, 2.45) is 0 Å². The van der Waals surface area contributed by atoms with Gasteiger partial charge in [-0.05, 0) is 37.1 Å². The molecule has 162 valence electrons. The van der Waals surface area contributed by atoms with Crippen LogP contribution in [0.3, 0.4) is 0 Å². The van der Waals surface area contributed by atoms with Gasteiger partial charge in [0.25, 0.3) is 0 Å². The van der Waals surface area contributed by atoms with Crippen molar-refractivity contribution in [1.82, 2.24) is 10.2 Å². The summed E-state index contributed by atoms with van der Waals surface area (Å²) in [4.78, 5) is 27.2. The quantitative estimate of drug-likeness (QED) is 0.511. The lowest BCUT2D eigenvalue weighted by Gasteiger charge is -2.30. The SMILES string of the molecule is CCNC(=O)[C@@H](CC)N(Cc1ccccc1Cl)C(=O)CSCc1c(F)cccc1Cl. The molecule has 1 atom stereocenters. The van der Waals surface area contributed by atoms with Gasteiger partial charge in [-0.25, -0.2) is 4.39 Å². The third-order valence-corrected chi connectivity index (χ3v) is 6.24. The van der Waals surface area contributed by atoms with E-state index in [1.54, 1.807) is 23.1 Å². The third kappa shape index (κ3) is 6.62. The lowest BCUT2D eigenvalue weighted by Crippen LogP contribution is -2.49. The van der Waals surface area contributed by atoms with Gasteiger partial charge < -0.3 is 10.2 Å². The summed E-state index contributed by atoms with van der Waals surface area (Å²) in [7, 11) is 0. The molecule has 0 aliphatic rings. The smallest absolute Gasteiger partial charge is 0.242 e. The first kappa shape index (κ1) is 24.5. The van der Waals surface area contributed by atoms with Gasteiger partial charge in [0.15, 0.2) is 0 Å². The second-order valence-electron chi connectivity index (χ2n) is 6.62. The Morgan fingerprint density at radius 1 is 1.10 bits per heavy atom. The van der Waals surface area contributed by atoms with E-state index in [4.69, 9.17) is 23.2 Å². The molecule has 0 unspecified atom stereocenters. The maximum Gasteiger partial charge on any atom is 0.242 e. The van der Waals surface area contributed by atoms with Crippen LogP contribution in [0.5, 0.6) is 0 Å². The Labute approximate surface area is 191 Å². The molecule has 0 aliphatic heterocycles. The fraction of sp³-hybridized carbons (Fsp3) is 0.364. The Morgan fingerprint density at radius 2 is 1.80 bits per heavy atom. The number of nitrogens with one attached hydrogen (secondary N) is 1. The number of carbonyl (C=O) groups is 2. The van der Waals surface area contributed by atoms with Crippen LogP contribution in [0, 0.1) is 5.82 Å². The van der Waals surface area contributed by atoms with Gasteiger partial charge in [-0.2, -0.15) is 0 Å². The van der Waals surface area contributed by atoms with Crippen molar-refractivity contribution in [3.8, 4) is 0 Å². The maximum absolute atomic E-state index is 14.0. The number of rotatable bonds is 10. The fourth-order valence-corrected chi connectivity index (χ4v) is 4.46. The van der Waals surface area contributed by atoms with Crippen LogP contribution in [0.4, 0.5) is 4.39 Å². The Hall–Kier alpha value is -1.76. The molecule has 8 heteroatoms. The lowest BCUT2D eigenvalue weighted by atomic mass is 10.1. The van der Waals surface area contributed by atoms with Crippen molar-refractivity contribution >= 4 is 46.8 Å². The van der Waals surface area contributed by atoms with Crippen molar-refractivity contribution in [1.29, 1.82) is 0 Å². The van der Waals surface area contributed by atoms with Gasteiger partial charge in [-0.3, -0.25) is 9.59 Å². The molecule has 2 aromatic carbocycles. The molecule has 0 bridgehead atoms. The third-order valence-electron chi connectivity index (χ3n) is 4.57. The molecule has 2 aromatic rings. The Kier molecular flexibility index (Phi) is 9.95. The average molecular weight is 471 g/mol. The van der Waals surface area contributed by atoms with Crippen LogP contribution in [0.15, 0.2) is 42.5 Å². The molecule has 0 aliphatic carbocycles. The minimum absolute atomic E-state index is 0.0883. The van der Waals surface area contributed by atoms with Crippen LogP contribution in [0.25, 0.3) is 0 Å². The summed E-state index contributed by atoms with van der Waals surface area (Å²) in [6.45, 7) is 4.39. The highest BCUT2D eigenvalue weighted by Crippen LogP contribution is 2.25. The minimum atomic E-state index is -0.619. The number of nitrogens with zero attached hydrogens (tertiary/aromatic N) is 1. The van der Waals surface area contributed by atoms with Crippen LogP contribution in [0.2, 0.25) is 10.0 Å². The van der Waals surface area contributed by atoms with Gasteiger partial charge in [0.05, 0.1) is 5.75 Å². The Balaban J connectivity index is 2.16. The monoisotopic (exact) mass is 470 g/mol. The van der Waals surface area contributed by atoms with Crippen molar-refractivity contribution < 1.29 is 14.0 Å². The number of hydrogen-bond acceptors (Lipinski definition) is 3. The van der Waals surface area contributed by atoms with Gasteiger partial charge in [-0.15, -0.1) is 11.8 Å². The number of benzene rings is 2. The van der Waals surface area contributed by atoms with E-state index in [0.29, 0.717) is 28.6 Å². The van der Waals surface area contributed by atoms with Crippen LogP contribution in [-0.4, -0.2) is 35.1 Å². The molecule has 30 heavy (non-hydrogen) atoms. The van der Waals surface area contributed by atoms with Crippen molar-refractivity contribution in [2.45, 2.75) is 38.6 Å². The summed E-state index contributed by atoms with van der Waals surface area (Å²) in [6, 6.07) is 11.1. The van der Waals surface area contributed by atoms with E-state index < -0.39 is 11.9 Å². The van der Waals surface area contributed by atoms with Gasteiger partial charge >= 0.3 is 0 Å². The summed E-state index contributed by atoms with van der Waals surface area (Å²) in [5, 5.41) is 3.65. The first-order valence-corrected chi connectivity index (χ1v) is 11.6. The number of halogens is 3. The van der Waals surface area contributed by atoms with E-state index in [9.17, 15) is 14.0 Å². The van der Waals surface area contributed by atoms with E-state index in [2.05, 4.69) is 5.32 Å². The van der Waals surface area contributed by atoms with E-state index in [-0.39, 0.29) is 29.9 Å². The molecule has 1 N–H and O–H groups in total. The minimum Gasteiger partial charge on any atom is -0.355 e. The van der Waals surface area contributed by atoms with Gasteiger partial charge in [0.1, 0.15) is 11.9 Å². The fourth-order valence-electron chi connectivity index (χ4n) is 3.02. The second-order valence-corrected chi connectivity index (χ2v) is 8.42. The molecule has 0 heterocycles. The van der Waals surface area contributed by atoms with E-state index in [1.807, 2.05) is 32.0 Å². The van der Waals surface area contributed by atoms with Crippen LogP contribution in [-0.2, 0) is 21.9 Å². The van der Waals surface area contributed by atoms with E-state index >= 15 is 0 Å². The molecule has 0 fully saturated rings. The molecule has 0 spiro atoms. The highest BCUT2D eigenvalue weighted by molar-refractivity contribution is 7.99. The first-order valence-electron chi connectivity index (χ1n) is 9.70. The maximum atomic E-state index is 14.0. The zero-order valence-corrected chi connectivity index (χ0v) is 19.3. The molecule has 0 radical (unpaired) electrons. The lowest BCUT2D eigenvalue weighted by molar-refractivity contribution is -0.139. The summed E-state index contributed by atoms with van der Waals surface area (Å²) in [6.07, 6.45) is 0.464. The topological polar surface area (TPSA) is 49.4 Å². The number of thioether (sulfide) groups is 1. The predicted octanol–water partition coefficient (Wildman–Crippen LogP) is 5.31. The molecular weight excluding hydrogens is 446 g/mol. The van der Waals surface area contributed by atoms with Crippen molar-refractivity contribution in [3.05, 3.63) is 69.5 Å². The first-order chi connectivity index (χ1) is 14.4. The largest absolute Gasteiger partial charge is 0.355 e. The molecule has 4 nitrogen and oxygen atoms in total. The average Bonchev–Trinajstić information content (AvgIpc) is 2.71. The number of likely N-dealkylation sites (N-methyl/N-ethyl adjacent to an activating group) is 1. The number of hydrogen-bond donors (Lipinski definition) is 1. The summed E-state index contributed by atoms with van der Waals surface area (Å²) < 4.78 is 14.0. The molecular formula is C22H25Cl2FN2O2S. The summed E-state index contributed by atoms with van der Waals surface area (Å²) in [5.41, 5.74) is 1.13. The Bertz CT molecular complexity index is 862. The van der Waals surface area contributed by atoms with Crippen LogP contribution in [0.1, 0.15) is 31.4 Å². The van der Waals surface area contributed by atoms with Gasteiger partial charge in [0, 0.05) is 34.5 Å². The van der Waals surface area contributed by atoms with E-state index in [1.165, 1.54) is 17.8 Å². The summed E-state index contributed by atoms with van der Waals surface area (Å²) >= 11 is 13.6. The zero-order chi connectivity index (χ0) is 22.1.